The van der Waals surface area contributed by atoms with Gasteiger partial charge in [0, 0.05) is 16.8 Å². The highest BCUT2D eigenvalue weighted by Gasteiger charge is 2.23. The van der Waals surface area contributed by atoms with Crippen molar-refractivity contribution in [2.45, 2.75) is 26.2 Å². The summed E-state index contributed by atoms with van der Waals surface area (Å²) in [6, 6.07) is 16.1. The molecule has 3 aromatic carbocycles. The monoisotopic (exact) mass is 487 g/mol. The number of carbonyl (C=O) groups excluding carboxylic acids is 1. The maximum Gasteiger partial charge on any atom is 0.323 e. The number of carboxylic acid groups (broad SMARTS) is 1. The van der Waals surface area contributed by atoms with Gasteiger partial charge in [-0.1, -0.05) is 55.2 Å². The second-order valence-electron chi connectivity index (χ2n) is 7.52. The molecule has 0 aliphatic heterocycles. The Bertz CT molecular complexity index is 1140. The highest BCUT2D eigenvalue weighted by Crippen LogP contribution is 2.41. The molecule has 1 atom stereocenters. The zero-order valence-corrected chi connectivity index (χ0v) is 19.6. The number of rotatable bonds is 8. The van der Waals surface area contributed by atoms with E-state index in [1.807, 2.05) is 13.8 Å². The zero-order chi connectivity index (χ0) is 24.1. The van der Waals surface area contributed by atoms with Gasteiger partial charge in [-0.05, 0) is 54.8 Å². The normalized spacial score (nSPS) is 11.6. The number of hydrogen-bond acceptors (Lipinski definition) is 4. The Morgan fingerprint density at radius 3 is 2.24 bits per heavy atom. The molecule has 0 saturated carbocycles. The van der Waals surface area contributed by atoms with Crippen LogP contribution in [0.5, 0.6) is 17.2 Å². The number of phenols is 1. The van der Waals surface area contributed by atoms with Crippen LogP contribution < -0.4 is 9.64 Å². The van der Waals surface area contributed by atoms with Crippen molar-refractivity contribution in [1.82, 2.24) is 0 Å². The molecule has 6 nitrogen and oxygen atoms in total. The number of ether oxygens (including phenoxy) is 1. The number of nitrogens with zero attached hydrogens (tertiary/aromatic N) is 1. The molecule has 0 fully saturated rings. The Morgan fingerprint density at radius 1 is 1.03 bits per heavy atom. The van der Waals surface area contributed by atoms with Gasteiger partial charge in [-0.2, -0.15) is 0 Å². The molecule has 0 spiro atoms. The minimum atomic E-state index is -1.19. The lowest BCUT2D eigenvalue weighted by atomic mass is 9.97. The predicted octanol–water partition coefficient (Wildman–Crippen LogP) is 6.74. The first kappa shape index (κ1) is 24.4. The average Bonchev–Trinajstić information content (AvgIpc) is 2.80. The van der Waals surface area contributed by atoms with Gasteiger partial charge in [0.15, 0.2) is 5.75 Å². The van der Waals surface area contributed by atoms with Crippen molar-refractivity contribution in [3.63, 3.8) is 0 Å². The first-order valence-electron chi connectivity index (χ1n) is 10.3. The summed E-state index contributed by atoms with van der Waals surface area (Å²) in [7, 11) is 0. The summed E-state index contributed by atoms with van der Waals surface area (Å²) < 4.78 is 5.90. The molecule has 2 N–H and O–H groups in total. The van der Waals surface area contributed by atoms with Crippen LogP contribution in [-0.2, 0) is 4.79 Å². The van der Waals surface area contributed by atoms with Crippen molar-refractivity contribution >= 4 is 40.8 Å². The van der Waals surface area contributed by atoms with E-state index in [2.05, 4.69) is 0 Å². The van der Waals surface area contributed by atoms with E-state index >= 15 is 0 Å². The van der Waals surface area contributed by atoms with Crippen LogP contribution >= 0.6 is 23.2 Å². The van der Waals surface area contributed by atoms with E-state index in [0.29, 0.717) is 11.3 Å². The van der Waals surface area contributed by atoms with Crippen LogP contribution in [-0.4, -0.2) is 28.6 Å². The summed E-state index contributed by atoms with van der Waals surface area (Å²) in [6.45, 7) is 3.44. The second kappa shape index (κ2) is 10.6. The lowest BCUT2D eigenvalue weighted by molar-refractivity contribution is -0.135. The highest BCUT2D eigenvalue weighted by atomic mass is 35.5. The highest BCUT2D eigenvalue weighted by molar-refractivity contribution is 6.37. The lowest BCUT2D eigenvalue weighted by Gasteiger charge is -2.22. The summed E-state index contributed by atoms with van der Waals surface area (Å²) in [6.07, 6.45) is 0.835. The quantitative estimate of drug-likeness (QED) is 0.367. The van der Waals surface area contributed by atoms with E-state index < -0.39 is 18.4 Å². The van der Waals surface area contributed by atoms with Gasteiger partial charge >= 0.3 is 5.97 Å². The molecule has 0 aliphatic carbocycles. The number of carboxylic acids is 1. The van der Waals surface area contributed by atoms with E-state index in [1.165, 1.54) is 12.1 Å². The lowest BCUT2D eigenvalue weighted by Crippen LogP contribution is -2.35. The van der Waals surface area contributed by atoms with E-state index in [9.17, 15) is 19.8 Å². The fourth-order valence-corrected chi connectivity index (χ4v) is 3.83. The van der Waals surface area contributed by atoms with Crippen LogP contribution in [0.1, 0.15) is 42.1 Å². The fourth-order valence-electron chi connectivity index (χ4n) is 3.28. The number of halogens is 2. The summed E-state index contributed by atoms with van der Waals surface area (Å²) in [4.78, 5) is 25.5. The minimum absolute atomic E-state index is 0.104. The summed E-state index contributed by atoms with van der Waals surface area (Å²) in [5.74, 6) is -0.805. The predicted molar refractivity (Wildman–Crippen MR) is 129 cm³/mol. The number of benzene rings is 3. The van der Waals surface area contributed by atoms with Crippen molar-refractivity contribution in [3.05, 3.63) is 81.8 Å². The van der Waals surface area contributed by atoms with E-state index in [-0.39, 0.29) is 33.1 Å². The fraction of sp³-hybridized carbons (Fsp3) is 0.200. The van der Waals surface area contributed by atoms with Gasteiger partial charge in [0.05, 0.1) is 10.0 Å². The first-order valence-corrected chi connectivity index (χ1v) is 11.0. The molecule has 1 amide bonds. The van der Waals surface area contributed by atoms with Gasteiger partial charge in [0.2, 0.25) is 0 Å². The van der Waals surface area contributed by atoms with Gasteiger partial charge in [-0.15, -0.1) is 0 Å². The maximum atomic E-state index is 13.0. The number of aliphatic carboxylic acids is 1. The van der Waals surface area contributed by atoms with Gasteiger partial charge in [-0.3, -0.25) is 14.5 Å². The van der Waals surface area contributed by atoms with Crippen molar-refractivity contribution in [2.75, 3.05) is 11.4 Å². The van der Waals surface area contributed by atoms with Crippen LogP contribution in [0.15, 0.2) is 60.7 Å². The molecule has 1 unspecified atom stereocenters. The van der Waals surface area contributed by atoms with Gasteiger partial charge in [-0.25, -0.2) is 0 Å². The minimum Gasteiger partial charge on any atom is -0.508 e. The molecule has 3 aromatic rings. The van der Waals surface area contributed by atoms with Crippen LogP contribution in [0, 0.1) is 0 Å². The standard InChI is InChI=1S/C25H23Cl2NO5/c1-3-15(2)19-13-18(9-10-22(19)29)33-24-20(26)11-17(12-21(24)27)28(14-23(30)31)25(32)16-7-5-4-6-8-16/h4-13,15,29H,3,14H2,1-2H3,(H,30,31). The van der Waals surface area contributed by atoms with E-state index in [0.717, 1.165) is 16.9 Å². The van der Waals surface area contributed by atoms with Crippen molar-refractivity contribution in [1.29, 1.82) is 0 Å². The zero-order valence-electron chi connectivity index (χ0n) is 18.1. The second-order valence-corrected chi connectivity index (χ2v) is 8.34. The number of carbonyl (C=O) groups is 2. The van der Waals surface area contributed by atoms with E-state index in [1.54, 1.807) is 48.5 Å². The molecule has 0 radical (unpaired) electrons. The smallest absolute Gasteiger partial charge is 0.323 e. The molecule has 0 bridgehead atoms. The third-order valence-corrected chi connectivity index (χ3v) is 5.78. The summed E-state index contributed by atoms with van der Waals surface area (Å²) in [5.41, 5.74) is 1.28. The summed E-state index contributed by atoms with van der Waals surface area (Å²) in [5, 5.41) is 19.7. The first-order chi connectivity index (χ1) is 15.7. The van der Waals surface area contributed by atoms with Gasteiger partial charge in [0.1, 0.15) is 18.0 Å². The molecule has 0 aromatic heterocycles. The Balaban J connectivity index is 1.96. The van der Waals surface area contributed by atoms with Crippen molar-refractivity contribution in [2.24, 2.45) is 0 Å². The Kier molecular flexibility index (Phi) is 7.84. The number of phenolic OH excluding ortho intramolecular Hbond substituents is 1. The molecule has 0 aliphatic rings. The number of amides is 1. The molecule has 33 heavy (non-hydrogen) atoms. The summed E-state index contributed by atoms with van der Waals surface area (Å²) >= 11 is 12.9. The number of aromatic hydroxyl groups is 1. The van der Waals surface area contributed by atoms with Crippen LogP contribution in [0.2, 0.25) is 10.0 Å². The SMILES string of the molecule is CCC(C)c1cc(Oc2c(Cl)cc(N(CC(=O)O)C(=O)c3ccccc3)cc2Cl)ccc1O. The van der Waals surface area contributed by atoms with Crippen LogP contribution in [0.25, 0.3) is 0 Å². The number of anilines is 1. The molecular formula is C25H23Cl2NO5. The third-order valence-electron chi connectivity index (χ3n) is 5.22. The molecule has 0 heterocycles. The molecular weight excluding hydrogens is 465 g/mol. The Labute approximate surface area is 201 Å². The largest absolute Gasteiger partial charge is 0.508 e. The maximum absolute atomic E-state index is 13.0. The van der Waals surface area contributed by atoms with E-state index in [4.69, 9.17) is 27.9 Å². The Morgan fingerprint density at radius 2 is 1.67 bits per heavy atom. The van der Waals surface area contributed by atoms with Crippen molar-refractivity contribution < 1.29 is 24.5 Å². The van der Waals surface area contributed by atoms with Gasteiger partial charge < -0.3 is 14.9 Å². The topological polar surface area (TPSA) is 87.1 Å². The van der Waals surface area contributed by atoms with Crippen LogP contribution in [0.4, 0.5) is 5.69 Å². The van der Waals surface area contributed by atoms with Crippen LogP contribution in [0.3, 0.4) is 0 Å². The Hall–Kier alpha value is -3.22. The average molecular weight is 488 g/mol. The molecule has 172 valence electrons. The third kappa shape index (κ3) is 5.78. The van der Waals surface area contributed by atoms with Crippen molar-refractivity contribution in [3.8, 4) is 17.2 Å². The molecule has 3 rings (SSSR count). The molecule has 8 heteroatoms. The number of hydrogen-bond donors (Lipinski definition) is 2. The van der Waals surface area contributed by atoms with Gasteiger partial charge in [0.25, 0.3) is 5.91 Å². The molecule has 0 saturated heterocycles.